The summed E-state index contributed by atoms with van der Waals surface area (Å²) >= 11 is 0. The SMILES string of the molecule is [2H]C([2H])([2H])c1cc(C)c(-c2cccc[n+]2C)cc1-c1ccccc1.[2H]C([2H])([2H])c1ccc(-c2cc(-c3ccccc3)c(C([2H])([2H])[2H])cc2C)[n+](C)c1. The number of aromatic nitrogens is 2. The standard InChI is InChI=1S/C21H22N.C20H20N/c1-15-10-11-21(22(4)14-15)20-13-19(16(2)12-17(20)3)18-8-6-5-7-9-18;1-15-13-16(2)19(20-11-7-8-12-21(20)3)14-18(15)17-9-5-4-6-10-17/h5-14H,1-4H3;4-14H,1-3H3/q2*+1/i1D3,2D3;1D3. The topological polar surface area (TPSA) is 7.76 Å². The van der Waals surface area contributed by atoms with E-state index in [1.54, 1.807) is 42.1 Å². The van der Waals surface area contributed by atoms with Gasteiger partial charge in [0.2, 0.25) is 11.4 Å². The summed E-state index contributed by atoms with van der Waals surface area (Å²) in [5, 5.41) is 0. The summed E-state index contributed by atoms with van der Waals surface area (Å²) in [6, 6.07) is 35.9. The first kappa shape index (κ1) is 20.1. The Hall–Kier alpha value is -4.82. The number of nitrogens with zero attached hydrogens (tertiary/aromatic N) is 2. The second kappa shape index (κ2) is 13.0. The summed E-state index contributed by atoms with van der Waals surface area (Å²) in [4.78, 5) is 0. The third-order valence-corrected chi connectivity index (χ3v) is 7.64. The first-order valence-electron chi connectivity index (χ1n) is 18.7. The van der Waals surface area contributed by atoms with Gasteiger partial charge < -0.3 is 0 Å². The Morgan fingerprint density at radius 3 is 1.44 bits per heavy atom. The average Bonchev–Trinajstić information content (AvgIpc) is 3.08. The molecule has 0 aliphatic rings. The van der Waals surface area contributed by atoms with Gasteiger partial charge in [-0.05, 0) is 103 Å². The number of aryl methyl sites for hydroxylation is 7. The molecule has 6 rings (SSSR count). The third kappa shape index (κ3) is 6.65. The molecule has 214 valence electrons. The lowest BCUT2D eigenvalue weighted by atomic mass is 9.93. The summed E-state index contributed by atoms with van der Waals surface area (Å²) in [5.74, 6) is 0. The average molecular weight is 572 g/mol. The first-order valence-corrected chi connectivity index (χ1v) is 14.2. The first-order chi connectivity index (χ1) is 24.4. The molecule has 0 atom stereocenters. The van der Waals surface area contributed by atoms with Gasteiger partial charge in [-0.25, -0.2) is 9.13 Å². The zero-order valence-corrected chi connectivity index (χ0v) is 25.0. The second-order valence-electron chi connectivity index (χ2n) is 10.8. The molecular formula is C41H42N2+2. The highest BCUT2D eigenvalue weighted by molar-refractivity contribution is 5.76. The van der Waals surface area contributed by atoms with Gasteiger partial charge in [-0.2, -0.15) is 0 Å². The Balaban J connectivity index is 0.000000203. The lowest BCUT2D eigenvalue weighted by molar-refractivity contribution is -0.660. The lowest BCUT2D eigenvalue weighted by Gasteiger charge is -2.12. The molecule has 0 unspecified atom stereocenters. The smallest absolute Gasteiger partial charge is 0.201 e. The third-order valence-electron chi connectivity index (χ3n) is 7.64. The van der Waals surface area contributed by atoms with Crippen LogP contribution in [0.25, 0.3) is 44.8 Å². The van der Waals surface area contributed by atoms with Crippen LogP contribution < -0.4 is 9.13 Å². The van der Waals surface area contributed by atoms with Crippen molar-refractivity contribution in [2.75, 3.05) is 0 Å². The van der Waals surface area contributed by atoms with Crippen molar-refractivity contribution in [3.63, 3.8) is 0 Å². The van der Waals surface area contributed by atoms with Gasteiger partial charge >= 0.3 is 0 Å². The van der Waals surface area contributed by atoms with Crippen LogP contribution >= 0.6 is 0 Å². The van der Waals surface area contributed by atoms with Crippen molar-refractivity contribution in [2.45, 2.75) is 34.4 Å². The highest BCUT2D eigenvalue weighted by atomic mass is 14.9. The summed E-state index contributed by atoms with van der Waals surface area (Å²) in [7, 11) is 3.79. The van der Waals surface area contributed by atoms with Crippen molar-refractivity contribution in [1.82, 2.24) is 0 Å². The highest BCUT2D eigenvalue weighted by Gasteiger charge is 2.16. The maximum atomic E-state index is 7.94. The van der Waals surface area contributed by atoms with Gasteiger partial charge in [0, 0.05) is 47.2 Å². The van der Waals surface area contributed by atoms with Crippen LogP contribution in [0.2, 0.25) is 0 Å². The Morgan fingerprint density at radius 2 is 0.977 bits per heavy atom. The van der Waals surface area contributed by atoms with Gasteiger partial charge in [0.15, 0.2) is 12.4 Å². The molecule has 0 saturated carbocycles. The number of hydrogen-bond acceptors (Lipinski definition) is 0. The van der Waals surface area contributed by atoms with E-state index in [9.17, 15) is 0 Å². The van der Waals surface area contributed by atoms with E-state index < -0.39 is 20.6 Å². The normalized spacial score (nSPS) is 14.7. The molecule has 4 aromatic carbocycles. The Kier molecular flexibility index (Phi) is 6.09. The fourth-order valence-corrected chi connectivity index (χ4v) is 5.37. The minimum absolute atomic E-state index is 0.263. The molecule has 0 radical (unpaired) electrons. The van der Waals surface area contributed by atoms with Crippen LogP contribution in [0.3, 0.4) is 0 Å². The van der Waals surface area contributed by atoms with Gasteiger partial charge in [0.25, 0.3) is 0 Å². The van der Waals surface area contributed by atoms with E-state index in [0.29, 0.717) is 16.7 Å². The van der Waals surface area contributed by atoms with Crippen molar-refractivity contribution < 1.29 is 21.5 Å². The molecule has 0 saturated heterocycles. The van der Waals surface area contributed by atoms with E-state index in [0.717, 1.165) is 50.3 Å². The van der Waals surface area contributed by atoms with Crippen molar-refractivity contribution in [2.24, 2.45) is 14.1 Å². The Bertz CT molecular complexity index is 2190. The summed E-state index contributed by atoms with van der Waals surface area (Å²) in [6.07, 6.45) is 3.59. The van der Waals surface area contributed by atoms with E-state index in [2.05, 4.69) is 0 Å². The number of rotatable bonds is 4. The van der Waals surface area contributed by atoms with Crippen LogP contribution in [0, 0.1) is 34.4 Å². The molecule has 2 nitrogen and oxygen atoms in total. The minimum atomic E-state index is -2.23. The second-order valence-corrected chi connectivity index (χ2v) is 10.8. The van der Waals surface area contributed by atoms with Gasteiger partial charge in [-0.1, -0.05) is 72.8 Å². The lowest BCUT2D eigenvalue weighted by Crippen LogP contribution is -2.31. The minimum Gasteiger partial charge on any atom is -0.201 e. The highest BCUT2D eigenvalue weighted by Crippen LogP contribution is 2.32. The van der Waals surface area contributed by atoms with Crippen molar-refractivity contribution >= 4 is 0 Å². The molecular weight excluding hydrogens is 520 g/mol. The molecule has 0 aliphatic carbocycles. The van der Waals surface area contributed by atoms with Crippen LogP contribution in [0.4, 0.5) is 0 Å². The fourth-order valence-electron chi connectivity index (χ4n) is 5.37. The summed E-state index contributed by atoms with van der Waals surface area (Å²) < 4.78 is 74.1. The molecule has 0 N–H and O–H groups in total. The zero-order chi connectivity index (χ0) is 38.0. The van der Waals surface area contributed by atoms with E-state index >= 15 is 0 Å². The number of hydrogen-bond donors (Lipinski definition) is 0. The summed E-state index contributed by atoms with van der Waals surface area (Å²) in [6.45, 7) is -2.72. The predicted molar refractivity (Wildman–Crippen MR) is 181 cm³/mol. The molecule has 6 aromatic rings. The van der Waals surface area contributed by atoms with Gasteiger partial charge in [0.1, 0.15) is 14.1 Å². The Morgan fingerprint density at radius 1 is 0.465 bits per heavy atom. The molecule has 43 heavy (non-hydrogen) atoms. The van der Waals surface area contributed by atoms with Crippen molar-refractivity contribution in [1.29, 1.82) is 0 Å². The van der Waals surface area contributed by atoms with E-state index in [4.69, 9.17) is 12.3 Å². The number of benzene rings is 4. The molecule has 0 aliphatic heterocycles. The molecule has 0 spiro atoms. The summed E-state index contributed by atoms with van der Waals surface area (Å²) in [5.41, 5.74) is 9.71. The molecule has 2 aromatic heterocycles. The zero-order valence-electron chi connectivity index (χ0n) is 34.0. The Labute approximate surface area is 270 Å². The van der Waals surface area contributed by atoms with Crippen molar-refractivity contribution in [3.05, 3.63) is 155 Å². The van der Waals surface area contributed by atoms with Gasteiger partial charge in [0.05, 0.1) is 0 Å². The predicted octanol–water partition coefficient (Wildman–Crippen LogP) is 9.23. The van der Waals surface area contributed by atoms with Crippen LogP contribution in [0.1, 0.15) is 40.2 Å². The van der Waals surface area contributed by atoms with Crippen LogP contribution in [-0.4, -0.2) is 0 Å². The van der Waals surface area contributed by atoms with Crippen molar-refractivity contribution in [3.8, 4) is 44.8 Å². The quantitative estimate of drug-likeness (QED) is 0.186. The molecule has 2 heteroatoms. The van der Waals surface area contributed by atoms with Crippen LogP contribution in [0.15, 0.2) is 128 Å². The fraction of sp³-hybridized carbons (Fsp3) is 0.171. The maximum Gasteiger partial charge on any atom is 0.212 e. The van der Waals surface area contributed by atoms with Crippen LogP contribution in [-0.2, 0) is 14.1 Å². The monoisotopic (exact) mass is 571 g/mol. The number of pyridine rings is 2. The van der Waals surface area contributed by atoms with Gasteiger partial charge in [-0.15, -0.1) is 0 Å². The van der Waals surface area contributed by atoms with E-state index in [-0.39, 0.29) is 5.56 Å². The van der Waals surface area contributed by atoms with E-state index in [1.807, 2.05) is 123 Å². The maximum absolute atomic E-state index is 7.94. The van der Waals surface area contributed by atoms with Crippen LogP contribution in [0.5, 0.6) is 0 Å². The largest absolute Gasteiger partial charge is 0.212 e. The van der Waals surface area contributed by atoms with E-state index in [1.165, 1.54) is 0 Å². The molecule has 0 amide bonds. The molecule has 2 heterocycles. The van der Waals surface area contributed by atoms with Gasteiger partial charge in [-0.3, -0.25) is 0 Å². The molecule has 0 fully saturated rings. The molecule has 0 bridgehead atoms.